The number of hydrogen-bond donors (Lipinski definition) is 2. The van der Waals surface area contributed by atoms with Crippen molar-refractivity contribution in [3.63, 3.8) is 0 Å². The van der Waals surface area contributed by atoms with Gasteiger partial charge in [-0.25, -0.2) is 14.8 Å². The van der Waals surface area contributed by atoms with Crippen molar-refractivity contribution in [2.45, 2.75) is 50.7 Å². The van der Waals surface area contributed by atoms with Crippen molar-refractivity contribution in [1.82, 2.24) is 19.9 Å². The van der Waals surface area contributed by atoms with Gasteiger partial charge in [0.05, 0.1) is 17.9 Å². The molecule has 8 heteroatoms. The van der Waals surface area contributed by atoms with Crippen LogP contribution in [0.15, 0.2) is 35.1 Å². The van der Waals surface area contributed by atoms with E-state index >= 15 is 0 Å². The Kier molecular flexibility index (Phi) is 4.01. The lowest BCUT2D eigenvalue weighted by Gasteiger charge is -2.37. The zero-order valence-electron chi connectivity index (χ0n) is 15.6. The Labute approximate surface area is 162 Å². The maximum absolute atomic E-state index is 12.9. The molecule has 3 N–H and O–H groups in total. The lowest BCUT2D eigenvalue weighted by molar-refractivity contribution is 0.150. The first-order chi connectivity index (χ1) is 13.6. The van der Waals surface area contributed by atoms with Crippen LogP contribution in [0, 0.1) is 6.92 Å². The molecule has 0 saturated carbocycles. The Morgan fingerprint density at radius 1 is 1.14 bits per heavy atom. The van der Waals surface area contributed by atoms with Gasteiger partial charge in [-0.2, -0.15) is 0 Å². The van der Waals surface area contributed by atoms with E-state index in [1.165, 1.54) is 0 Å². The van der Waals surface area contributed by atoms with Crippen LogP contribution in [0.1, 0.15) is 31.6 Å². The summed E-state index contributed by atoms with van der Waals surface area (Å²) in [6, 6.07) is 4.37. The average molecular weight is 378 g/mol. The van der Waals surface area contributed by atoms with Crippen LogP contribution in [0.3, 0.4) is 0 Å². The van der Waals surface area contributed by atoms with Crippen molar-refractivity contribution >= 4 is 22.8 Å². The van der Waals surface area contributed by atoms with E-state index < -0.39 is 0 Å². The first-order valence-electron chi connectivity index (χ1n) is 9.60. The van der Waals surface area contributed by atoms with E-state index in [-0.39, 0.29) is 24.2 Å². The number of pyridine rings is 2. The van der Waals surface area contributed by atoms with E-state index in [0.29, 0.717) is 17.5 Å². The fraction of sp³-hybridized carbons (Fsp3) is 0.400. The lowest BCUT2D eigenvalue weighted by atomic mass is 9.99. The number of nitrogens with one attached hydrogen (secondary N) is 1. The maximum atomic E-state index is 12.9. The van der Waals surface area contributed by atoms with Crippen LogP contribution in [0.2, 0.25) is 0 Å². The van der Waals surface area contributed by atoms with Gasteiger partial charge >= 0.3 is 6.03 Å². The summed E-state index contributed by atoms with van der Waals surface area (Å²) < 4.78 is 5.58. The first-order valence-corrected chi connectivity index (χ1v) is 9.60. The first kappa shape index (κ1) is 17.1. The Morgan fingerprint density at radius 2 is 1.93 bits per heavy atom. The number of urea groups is 1. The van der Waals surface area contributed by atoms with Crippen molar-refractivity contribution in [3.05, 3.63) is 36.6 Å². The van der Waals surface area contributed by atoms with Gasteiger partial charge in [-0.3, -0.25) is 10.3 Å². The molecule has 3 aromatic rings. The van der Waals surface area contributed by atoms with E-state index in [2.05, 4.69) is 20.3 Å². The number of nitrogens with two attached hydrogens (primary N) is 1. The van der Waals surface area contributed by atoms with Gasteiger partial charge in [-0.05, 0) is 37.8 Å². The topological polar surface area (TPSA) is 110 Å². The summed E-state index contributed by atoms with van der Waals surface area (Å²) in [7, 11) is 0. The normalized spacial score (nSPS) is 23.9. The molecule has 0 aromatic carbocycles. The van der Waals surface area contributed by atoms with E-state index in [0.717, 1.165) is 42.1 Å². The predicted molar refractivity (Wildman–Crippen MR) is 105 cm³/mol. The number of carbonyl (C=O) groups excluding carboxylic acids is 1. The Morgan fingerprint density at radius 3 is 2.64 bits per heavy atom. The molecule has 2 aliphatic heterocycles. The standard InChI is InChI=1S/C20H22N6O2/c1-11-22-10-18(28-11)13-4-12-5-19(24-9-17(12)23-8-13)25-20(27)26-15-2-3-16(26)7-14(21)6-15/h4-5,8-10,14-16H,2-3,6-7,21H2,1H3,(H,24,25,27)/t14?,15-,16+. The molecule has 2 bridgehead atoms. The number of fused-ring (bicyclic) bond motifs is 3. The highest BCUT2D eigenvalue weighted by molar-refractivity contribution is 5.92. The number of oxazole rings is 1. The van der Waals surface area contributed by atoms with Gasteiger partial charge in [0, 0.05) is 42.2 Å². The summed E-state index contributed by atoms with van der Waals surface area (Å²) in [6.07, 6.45) is 8.89. The highest BCUT2D eigenvalue weighted by Gasteiger charge is 2.42. The smallest absolute Gasteiger partial charge is 0.323 e. The van der Waals surface area contributed by atoms with E-state index in [1.54, 1.807) is 25.5 Å². The maximum Gasteiger partial charge on any atom is 0.323 e. The van der Waals surface area contributed by atoms with Gasteiger partial charge in [0.25, 0.3) is 0 Å². The Balaban J connectivity index is 1.39. The molecular weight excluding hydrogens is 356 g/mol. The van der Waals surface area contributed by atoms with Crippen molar-refractivity contribution < 1.29 is 9.21 Å². The molecule has 5 rings (SSSR count). The van der Waals surface area contributed by atoms with Crippen molar-refractivity contribution in [2.75, 3.05) is 5.32 Å². The van der Waals surface area contributed by atoms with Crippen molar-refractivity contribution in [3.8, 4) is 11.3 Å². The molecule has 2 fully saturated rings. The number of piperidine rings is 1. The Hall–Kier alpha value is -3.00. The fourth-order valence-electron chi connectivity index (χ4n) is 4.45. The summed E-state index contributed by atoms with van der Waals surface area (Å²) in [5.74, 6) is 1.78. The summed E-state index contributed by atoms with van der Waals surface area (Å²) >= 11 is 0. The third kappa shape index (κ3) is 2.99. The largest absolute Gasteiger partial charge is 0.441 e. The fourth-order valence-corrected chi connectivity index (χ4v) is 4.45. The third-order valence-corrected chi connectivity index (χ3v) is 5.71. The second kappa shape index (κ2) is 6.56. The number of anilines is 1. The molecule has 2 aliphatic rings. The van der Waals surface area contributed by atoms with Crippen molar-refractivity contribution in [1.29, 1.82) is 0 Å². The molecule has 3 aromatic heterocycles. The van der Waals surface area contributed by atoms with Gasteiger partial charge in [-0.1, -0.05) is 0 Å². The average Bonchev–Trinajstić information content (AvgIpc) is 3.22. The molecule has 2 saturated heterocycles. The summed E-state index contributed by atoms with van der Waals surface area (Å²) in [5.41, 5.74) is 7.69. The minimum absolute atomic E-state index is 0.0961. The molecule has 2 amide bonds. The van der Waals surface area contributed by atoms with Gasteiger partial charge < -0.3 is 15.1 Å². The van der Waals surface area contributed by atoms with E-state index in [9.17, 15) is 4.79 Å². The Bertz CT molecular complexity index is 1030. The van der Waals surface area contributed by atoms with E-state index in [1.807, 2.05) is 17.0 Å². The quantitative estimate of drug-likeness (QED) is 0.709. The van der Waals surface area contributed by atoms with Crippen LogP contribution >= 0.6 is 0 Å². The number of carbonyl (C=O) groups is 1. The molecule has 5 heterocycles. The predicted octanol–water partition coefficient (Wildman–Crippen LogP) is 3.08. The molecular formula is C20H22N6O2. The number of hydrogen-bond acceptors (Lipinski definition) is 6. The van der Waals surface area contributed by atoms with Crippen molar-refractivity contribution in [2.24, 2.45) is 5.73 Å². The molecule has 1 unspecified atom stereocenters. The van der Waals surface area contributed by atoms with Crippen LogP contribution in [0.4, 0.5) is 10.6 Å². The van der Waals surface area contributed by atoms with Crippen LogP contribution in [-0.2, 0) is 0 Å². The number of nitrogens with zero attached hydrogens (tertiary/aromatic N) is 4. The monoisotopic (exact) mass is 378 g/mol. The number of aromatic nitrogens is 3. The highest BCUT2D eigenvalue weighted by atomic mass is 16.4. The van der Waals surface area contributed by atoms with Gasteiger partial charge in [0.2, 0.25) is 0 Å². The second-order valence-electron chi connectivity index (χ2n) is 7.68. The number of rotatable bonds is 2. The minimum Gasteiger partial charge on any atom is -0.441 e. The molecule has 3 atom stereocenters. The minimum atomic E-state index is -0.0961. The van der Waals surface area contributed by atoms with Gasteiger partial charge in [-0.15, -0.1) is 0 Å². The molecule has 144 valence electrons. The van der Waals surface area contributed by atoms with E-state index in [4.69, 9.17) is 10.2 Å². The van der Waals surface area contributed by atoms with Gasteiger partial charge in [0.15, 0.2) is 11.7 Å². The second-order valence-corrected chi connectivity index (χ2v) is 7.68. The van der Waals surface area contributed by atoms with Gasteiger partial charge in [0.1, 0.15) is 5.82 Å². The zero-order valence-corrected chi connectivity index (χ0v) is 15.6. The number of amides is 2. The summed E-state index contributed by atoms with van der Waals surface area (Å²) in [5, 5.41) is 3.83. The lowest BCUT2D eigenvalue weighted by Crippen LogP contribution is -2.51. The third-order valence-electron chi connectivity index (χ3n) is 5.71. The van der Waals surface area contributed by atoms with Crippen LogP contribution < -0.4 is 11.1 Å². The molecule has 0 spiro atoms. The van der Waals surface area contributed by atoms with Crippen LogP contribution in [0.25, 0.3) is 22.2 Å². The zero-order chi connectivity index (χ0) is 19.3. The molecule has 28 heavy (non-hydrogen) atoms. The molecule has 0 aliphatic carbocycles. The molecule has 0 radical (unpaired) electrons. The summed E-state index contributed by atoms with van der Waals surface area (Å²) in [6.45, 7) is 1.80. The van der Waals surface area contributed by atoms with Crippen LogP contribution in [-0.4, -0.2) is 44.0 Å². The summed E-state index contributed by atoms with van der Waals surface area (Å²) in [4.78, 5) is 27.7. The highest BCUT2D eigenvalue weighted by Crippen LogP contribution is 2.35. The van der Waals surface area contributed by atoms with Crippen LogP contribution in [0.5, 0.6) is 0 Å². The SMILES string of the molecule is Cc1ncc(-c2cnc3cnc(NC(=O)N4[C@@H]5CC[C@H]4CC(N)C5)cc3c2)o1. The molecule has 8 nitrogen and oxygen atoms in total. The number of aryl methyl sites for hydroxylation is 1.